The van der Waals surface area contributed by atoms with Crippen molar-refractivity contribution < 1.29 is 29.3 Å². The van der Waals surface area contributed by atoms with Crippen molar-refractivity contribution in [2.24, 2.45) is 17.3 Å². The third-order valence-electron chi connectivity index (χ3n) is 7.82. The van der Waals surface area contributed by atoms with Crippen LogP contribution in [-0.4, -0.2) is 61.4 Å². The Bertz CT molecular complexity index is 1110. The average molecular weight is 539 g/mol. The monoisotopic (exact) mass is 538 g/mol. The van der Waals surface area contributed by atoms with Gasteiger partial charge in [0.1, 0.15) is 11.5 Å². The lowest BCUT2D eigenvalue weighted by atomic mass is 9.61. The number of nitriles is 1. The van der Waals surface area contributed by atoms with Gasteiger partial charge in [0.05, 0.1) is 25.7 Å². The molecule has 0 bridgehead atoms. The molecule has 0 spiro atoms. The summed E-state index contributed by atoms with van der Waals surface area (Å²) in [5.74, 6) is -1.20. The van der Waals surface area contributed by atoms with Crippen LogP contribution in [0.15, 0.2) is 42.5 Å². The number of rotatable bonds is 11. The molecular weight excluding hydrogens is 496 g/mol. The molecule has 0 aromatic heterocycles. The largest absolute Gasteiger partial charge is 0.497 e. The van der Waals surface area contributed by atoms with E-state index in [1.165, 1.54) is 16.7 Å². The molecule has 212 valence electrons. The van der Waals surface area contributed by atoms with Crippen LogP contribution in [0.1, 0.15) is 49.8 Å². The minimum atomic E-state index is -1.82. The van der Waals surface area contributed by atoms with E-state index in [0.717, 1.165) is 63.1 Å². The summed E-state index contributed by atoms with van der Waals surface area (Å²) in [7, 11) is 5.55. The normalized spacial score (nSPS) is 15.8. The number of likely N-dealkylation sites (N-methyl/N-ethyl adjacent to an activating group) is 1. The second kappa shape index (κ2) is 15.1. The maximum Gasteiger partial charge on any atom is 0.414 e. The van der Waals surface area contributed by atoms with Gasteiger partial charge in [0, 0.05) is 12.6 Å². The van der Waals surface area contributed by atoms with E-state index in [4.69, 9.17) is 29.3 Å². The van der Waals surface area contributed by atoms with Gasteiger partial charge in [-0.1, -0.05) is 38.1 Å². The van der Waals surface area contributed by atoms with E-state index in [-0.39, 0.29) is 5.41 Å². The first-order chi connectivity index (χ1) is 18.6. The molecule has 39 heavy (non-hydrogen) atoms. The number of hydrogen-bond acceptors (Lipinski definition) is 6. The summed E-state index contributed by atoms with van der Waals surface area (Å²) in [6, 6.07) is 17.7. The van der Waals surface area contributed by atoms with Crippen molar-refractivity contribution in [3.8, 4) is 17.6 Å². The second-order valence-electron chi connectivity index (χ2n) is 10.5. The smallest absolute Gasteiger partial charge is 0.414 e. The van der Waals surface area contributed by atoms with E-state index in [0.29, 0.717) is 11.8 Å². The highest BCUT2D eigenvalue weighted by Crippen LogP contribution is 2.46. The summed E-state index contributed by atoms with van der Waals surface area (Å²) >= 11 is 0. The number of carboxylic acid groups (broad SMARTS) is 2. The van der Waals surface area contributed by atoms with Crippen LogP contribution in [-0.2, 0) is 28.9 Å². The standard InChI is InChI=1S/C29H40N2O2.C2H2O4/c1-22(2)29(21-30,26-12-11-24-9-6-7-10-25(24)19-26)14-8-15-31(3)16-13-23-17-27(32-4)20-28(18-23)33-5;3-1(4)2(5)6/h6-7,9-10,17-18,20,22,26H,8,11-16,19H2,1-5H3;(H,3,4)(H,5,6). The number of aliphatic carboxylic acids is 2. The van der Waals surface area contributed by atoms with Gasteiger partial charge in [-0.25, -0.2) is 9.59 Å². The van der Waals surface area contributed by atoms with E-state index < -0.39 is 11.9 Å². The predicted octanol–water partition coefficient (Wildman–Crippen LogP) is 5.08. The summed E-state index contributed by atoms with van der Waals surface area (Å²) in [4.78, 5) is 20.6. The Hall–Kier alpha value is -3.57. The maximum absolute atomic E-state index is 10.4. The van der Waals surface area contributed by atoms with Crippen LogP contribution >= 0.6 is 0 Å². The minimum absolute atomic E-state index is 0.255. The number of benzene rings is 2. The SMILES string of the molecule is COc1cc(CCN(C)CCCC(C#N)(C(C)C)C2CCc3ccccc3C2)cc(OC)c1.O=C(O)C(=O)O. The van der Waals surface area contributed by atoms with Gasteiger partial charge in [-0.2, -0.15) is 5.26 Å². The number of fused-ring (bicyclic) bond motifs is 1. The molecule has 0 amide bonds. The van der Waals surface area contributed by atoms with Crippen molar-refractivity contribution in [2.45, 2.75) is 52.4 Å². The molecule has 0 aliphatic heterocycles. The van der Waals surface area contributed by atoms with Crippen molar-refractivity contribution in [2.75, 3.05) is 34.4 Å². The Kier molecular flexibility index (Phi) is 12.3. The fraction of sp³-hybridized carbons (Fsp3) is 0.516. The van der Waals surface area contributed by atoms with E-state index in [1.54, 1.807) is 14.2 Å². The Morgan fingerprint density at radius 2 is 1.64 bits per heavy atom. The van der Waals surface area contributed by atoms with Gasteiger partial charge < -0.3 is 24.6 Å². The second-order valence-corrected chi connectivity index (χ2v) is 10.5. The van der Waals surface area contributed by atoms with Crippen LogP contribution in [0.5, 0.6) is 11.5 Å². The molecule has 2 aromatic carbocycles. The van der Waals surface area contributed by atoms with Gasteiger partial charge in [-0.15, -0.1) is 0 Å². The summed E-state index contributed by atoms with van der Waals surface area (Å²) in [6.07, 6.45) is 6.21. The highest BCUT2D eigenvalue weighted by molar-refractivity contribution is 6.27. The molecule has 1 aliphatic rings. The van der Waals surface area contributed by atoms with Crippen molar-refractivity contribution in [1.82, 2.24) is 4.90 Å². The van der Waals surface area contributed by atoms with Crippen molar-refractivity contribution in [1.29, 1.82) is 5.26 Å². The molecule has 8 nitrogen and oxygen atoms in total. The van der Waals surface area contributed by atoms with Gasteiger partial charge in [0.15, 0.2) is 0 Å². The van der Waals surface area contributed by atoms with Gasteiger partial charge in [0.2, 0.25) is 0 Å². The summed E-state index contributed by atoms with van der Waals surface area (Å²) in [5, 5.41) is 25.2. The van der Waals surface area contributed by atoms with Gasteiger partial charge in [-0.05, 0) is 92.8 Å². The fourth-order valence-electron chi connectivity index (χ4n) is 5.46. The van der Waals surface area contributed by atoms with Crippen molar-refractivity contribution >= 4 is 11.9 Å². The molecule has 2 N–H and O–H groups in total. The highest BCUT2D eigenvalue weighted by Gasteiger charge is 2.42. The zero-order valence-electron chi connectivity index (χ0n) is 23.8. The van der Waals surface area contributed by atoms with E-state index >= 15 is 0 Å². The Balaban J connectivity index is 0.000000798. The highest BCUT2D eigenvalue weighted by atomic mass is 16.5. The fourth-order valence-corrected chi connectivity index (χ4v) is 5.46. The number of methoxy groups -OCH3 is 2. The summed E-state index contributed by atoms with van der Waals surface area (Å²) < 4.78 is 10.8. The first-order valence-corrected chi connectivity index (χ1v) is 13.4. The lowest BCUT2D eigenvalue weighted by molar-refractivity contribution is -0.159. The van der Waals surface area contributed by atoms with Gasteiger partial charge >= 0.3 is 11.9 Å². The molecule has 0 fully saturated rings. The summed E-state index contributed by atoms with van der Waals surface area (Å²) in [6.45, 7) is 6.45. The van der Waals surface area contributed by atoms with E-state index in [9.17, 15) is 5.26 Å². The maximum atomic E-state index is 10.4. The number of carboxylic acids is 2. The van der Waals surface area contributed by atoms with Crippen LogP contribution in [0.3, 0.4) is 0 Å². The van der Waals surface area contributed by atoms with Crippen molar-refractivity contribution in [3.63, 3.8) is 0 Å². The quantitative estimate of drug-likeness (QED) is 0.380. The molecule has 0 heterocycles. The number of carbonyl (C=O) groups is 2. The topological polar surface area (TPSA) is 120 Å². The van der Waals surface area contributed by atoms with E-state index in [2.05, 4.69) is 68.3 Å². The van der Waals surface area contributed by atoms with Crippen LogP contribution in [0.25, 0.3) is 0 Å². The number of hydrogen-bond donors (Lipinski definition) is 2. The molecular formula is C31H42N2O6. The Morgan fingerprint density at radius 1 is 1.05 bits per heavy atom. The van der Waals surface area contributed by atoms with Crippen molar-refractivity contribution in [3.05, 3.63) is 59.2 Å². The number of aryl methyl sites for hydroxylation is 1. The third-order valence-corrected chi connectivity index (χ3v) is 7.82. The molecule has 8 heteroatoms. The van der Waals surface area contributed by atoms with Gasteiger partial charge in [0.25, 0.3) is 0 Å². The van der Waals surface area contributed by atoms with Crippen LogP contribution < -0.4 is 9.47 Å². The molecule has 2 atom stereocenters. The van der Waals surface area contributed by atoms with Crippen LogP contribution in [0.2, 0.25) is 0 Å². The lowest BCUT2D eigenvalue weighted by Crippen LogP contribution is -2.38. The zero-order valence-corrected chi connectivity index (χ0v) is 23.8. The minimum Gasteiger partial charge on any atom is -0.497 e. The molecule has 0 saturated heterocycles. The first kappa shape index (κ1) is 31.6. The number of ether oxygens (including phenoxy) is 2. The van der Waals surface area contributed by atoms with E-state index in [1.807, 2.05) is 6.07 Å². The molecule has 1 aliphatic carbocycles. The third kappa shape index (κ3) is 9.00. The Labute approximate surface area is 232 Å². The summed E-state index contributed by atoms with van der Waals surface area (Å²) in [5.41, 5.74) is 3.87. The molecule has 2 unspecified atom stereocenters. The van der Waals surface area contributed by atoms with Gasteiger partial charge in [-0.3, -0.25) is 0 Å². The average Bonchev–Trinajstić information content (AvgIpc) is 2.93. The van der Waals surface area contributed by atoms with Crippen LogP contribution in [0, 0.1) is 28.6 Å². The first-order valence-electron chi connectivity index (χ1n) is 13.4. The molecule has 0 radical (unpaired) electrons. The van der Waals surface area contributed by atoms with Crippen LogP contribution in [0.4, 0.5) is 0 Å². The zero-order chi connectivity index (χ0) is 29.0. The number of nitrogens with zero attached hydrogens (tertiary/aromatic N) is 2. The molecule has 2 aromatic rings. The lowest BCUT2D eigenvalue weighted by Gasteiger charge is -2.41. The Morgan fingerprint density at radius 3 is 2.15 bits per heavy atom. The molecule has 0 saturated carbocycles. The predicted molar refractivity (Wildman–Crippen MR) is 150 cm³/mol. The molecule has 3 rings (SSSR count).